The Hall–Kier alpha value is -2.63. The highest BCUT2D eigenvalue weighted by molar-refractivity contribution is 5.84. The number of piperidine rings is 1. The number of H-pyrrole nitrogens is 1. The maximum absolute atomic E-state index is 12.9. The first-order valence-corrected chi connectivity index (χ1v) is 8.92. The third-order valence-electron chi connectivity index (χ3n) is 5.15. The first-order chi connectivity index (χ1) is 12.2. The molecule has 130 valence electrons. The van der Waals surface area contributed by atoms with Gasteiger partial charge in [0.05, 0.1) is 6.04 Å². The summed E-state index contributed by atoms with van der Waals surface area (Å²) in [6.45, 7) is 0.810. The second-order valence-electron chi connectivity index (χ2n) is 6.76. The number of hydrogen-bond donors (Lipinski definition) is 1. The van der Waals surface area contributed by atoms with Crippen molar-refractivity contribution in [3.63, 3.8) is 0 Å². The van der Waals surface area contributed by atoms with Crippen LogP contribution in [0, 0.1) is 0 Å². The molecule has 2 aromatic heterocycles. The van der Waals surface area contributed by atoms with E-state index >= 15 is 0 Å². The number of aryl methyl sites for hydroxylation is 2. The molecule has 6 heteroatoms. The topological polar surface area (TPSA) is 66.8 Å². The Morgan fingerprint density at radius 3 is 3.04 bits per heavy atom. The molecule has 1 aliphatic rings. The van der Waals surface area contributed by atoms with Crippen LogP contribution in [0.4, 0.5) is 0 Å². The van der Waals surface area contributed by atoms with Crippen LogP contribution in [0.5, 0.6) is 0 Å². The zero-order valence-electron chi connectivity index (χ0n) is 14.5. The summed E-state index contributed by atoms with van der Waals surface area (Å²) in [7, 11) is 1.94. The summed E-state index contributed by atoms with van der Waals surface area (Å²) in [5.74, 6) is 1.10. The molecule has 0 aliphatic carbocycles. The van der Waals surface area contributed by atoms with Crippen molar-refractivity contribution in [2.75, 3.05) is 6.54 Å². The van der Waals surface area contributed by atoms with Gasteiger partial charge in [-0.05, 0) is 37.3 Å². The molecule has 0 radical (unpaired) electrons. The lowest BCUT2D eigenvalue weighted by Gasteiger charge is -2.35. The zero-order chi connectivity index (χ0) is 17.2. The highest BCUT2D eigenvalue weighted by Crippen LogP contribution is 2.30. The molecule has 1 N–H and O–H groups in total. The third-order valence-corrected chi connectivity index (χ3v) is 5.15. The Bertz CT molecular complexity index is 881. The monoisotopic (exact) mass is 337 g/mol. The fraction of sp³-hybridized carbons (Fsp3) is 0.421. The largest absolute Gasteiger partial charge is 0.361 e. The van der Waals surface area contributed by atoms with E-state index < -0.39 is 0 Å². The first-order valence-electron chi connectivity index (χ1n) is 8.92. The fourth-order valence-electron chi connectivity index (χ4n) is 3.82. The van der Waals surface area contributed by atoms with Crippen molar-refractivity contribution in [3.05, 3.63) is 48.2 Å². The predicted molar refractivity (Wildman–Crippen MR) is 95.9 cm³/mol. The molecule has 0 bridgehead atoms. The number of benzene rings is 1. The minimum Gasteiger partial charge on any atom is -0.361 e. The van der Waals surface area contributed by atoms with Gasteiger partial charge in [-0.3, -0.25) is 4.79 Å². The van der Waals surface area contributed by atoms with E-state index in [4.69, 9.17) is 0 Å². The van der Waals surface area contributed by atoms with E-state index in [0.29, 0.717) is 6.42 Å². The van der Waals surface area contributed by atoms with Crippen molar-refractivity contribution < 1.29 is 4.79 Å². The summed E-state index contributed by atoms with van der Waals surface area (Å²) in [5, 5.41) is 9.43. The van der Waals surface area contributed by atoms with E-state index in [1.165, 1.54) is 10.9 Å². The number of para-hydroxylation sites is 1. The standard InChI is InChI=1S/C19H23N5O/c1-23-13-21-22-19(23)17-8-4-5-11-24(17)18(25)10-9-14-12-20-16-7-3-2-6-15(14)16/h2-3,6-7,12-13,17,20H,4-5,8-11H2,1H3/t17-/m0/s1. The molecule has 1 atom stereocenters. The number of likely N-dealkylation sites (tertiary alicyclic amines) is 1. The number of fused-ring (bicyclic) bond motifs is 1. The molecule has 25 heavy (non-hydrogen) atoms. The van der Waals surface area contributed by atoms with Gasteiger partial charge in [-0.1, -0.05) is 18.2 Å². The highest BCUT2D eigenvalue weighted by Gasteiger charge is 2.30. The molecule has 4 rings (SSSR count). The minimum atomic E-state index is 0.0525. The maximum Gasteiger partial charge on any atom is 0.223 e. The third kappa shape index (κ3) is 3.04. The molecule has 1 saturated heterocycles. The smallest absolute Gasteiger partial charge is 0.223 e. The average Bonchev–Trinajstić information content (AvgIpc) is 3.26. The SMILES string of the molecule is Cn1cnnc1[C@@H]1CCCCN1C(=O)CCc1c[nH]c2ccccc12. The number of carbonyl (C=O) groups excluding carboxylic acids is 1. The molecule has 0 unspecified atom stereocenters. The molecule has 1 amide bonds. The number of nitrogens with one attached hydrogen (secondary N) is 1. The van der Waals surface area contributed by atoms with Crippen molar-refractivity contribution in [2.24, 2.45) is 7.05 Å². The number of rotatable bonds is 4. The molecule has 6 nitrogen and oxygen atoms in total. The van der Waals surface area contributed by atoms with E-state index in [1.54, 1.807) is 6.33 Å². The number of aromatic nitrogens is 4. The Balaban J connectivity index is 1.48. The second kappa shape index (κ2) is 6.70. The van der Waals surface area contributed by atoms with Gasteiger partial charge in [0.25, 0.3) is 0 Å². The summed E-state index contributed by atoms with van der Waals surface area (Å²) in [6.07, 6.45) is 8.16. The van der Waals surface area contributed by atoms with Crippen LogP contribution < -0.4 is 0 Å². The van der Waals surface area contributed by atoms with Gasteiger partial charge in [0, 0.05) is 37.1 Å². The van der Waals surface area contributed by atoms with E-state index in [1.807, 2.05) is 34.8 Å². The molecule has 3 heterocycles. The Morgan fingerprint density at radius 1 is 1.32 bits per heavy atom. The summed E-state index contributed by atoms with van der Waals surface area (Å²) in [6, 6.07) is 8.28. The fourth-order valence-corrected chi connectivity index (χ4v) is 3.82. The molecular formula is C19H23N5O. The van der Waals surface area contributed by atoms with E-state index in [-0.39, 0.29) is 11.9 Å². The molecule has 0 spiro atoms. The quantitative estimate of drug-likeness (QED) is 0.796. The lowest BCUT2D eigenvalue weighted by Crippen LogP contribution is -2.39. The van der Waals surface area contributed by atoms with Crippen molar-refractivity contribution in [3.8, 4) is 0 Å². The summed E-state index contributed by atoms with van der Waals surface area (Å²) in [4.78, 5) is 18.2. The van der Waals surface area contributed by atoms with Gasteiger partial charge in [0.1, 0.15) is 6.33 Å². The minimum absolute atomic E-state index is 0.0525. The summed E-state index contributed by atoms with van der Waals surface area (Å²) in [5.41, 5.74) is 2.33. The van der Waals surface area contributed by atoms with Gasteiger partial charge in [0.2, 0.25) is 5.91 Å². The number of hydrogen-bond acceptors (Lipinski definition) is 3. The van der Waals surface area contributed by atoms with Crippen LogP contribution in [-0.2, 0) is 18.3 Å². The van der Waals surface area contributed by atoms with Crippen LogP contribution in [-0.4, -0.2) is 37.1 Å². The van der Waals surface area contributed by atoms with Crippen LogP contribution in [0.1, 0.15) is 43.1 Å². The van der Waals surface area contributed by atoms with Gasteiger partial charge in [-0.25, -0.2) is 0 Å². The maximum atomic E-state index is 12.9. The zero-order valence-corrected chi connectivity index (χ0v) is 14.5. The lowest BCUT2D eigenvalue weighted by atomic mass is 10.00. The average molecular weight is 337 g/mol. The van der Waals surface area contributed by atoms with Gasteiger partial charge < -0.3 is 14.5 Å². The Kier molecular flexibility index (Phi) is 4.26. The van der Waals surface area contributed by atoms with Crippen LogP contribution in [0.2, 0.25) is 0 Å². The van der Waals surface area contributed by atoms with E-state index in [0.717, 1.165) is 43.6 Å². The second-order valence-corrected chi connectivity index (χ2v) is 6.76. The predicted octanol–water partition coefficient (Wildman–Crippen LogP) is 2.98. The van der Waals surface area contributed by atoms with Gasteiger partial charge in [0.15, 0.2) is 5.82 Å². The molecule has 1 fully saturated rings. The molecule has 1 aliphatic heterocycles. The van der Waals surface area contributed by atoms with Crippen LogP contribution in [0.3, 0.4) is 0 Å². The van der Waals surface area contributed by atoms with Crippen LogP contribution >= 0.6 is 0 Å². The number of amides is 1. The first kappa shape index (κ1) is 15.9. The molecule has 3 aromatic rings. The Morgan fingerprint density at radius 2 is 2.20 bits per heavy atom. The van der Waals surface area contributed by atoms with Gasteiger partial charge in [-0.2, -0.15) is 0 Å². The van der Waals surface area contributed by atoms with Crippen molar-refractivity contribution >= 4 is 16.8 Å². The summed E-state index contributed by atoms with van der Waals surface area (Å²) < 4.78 is 1.93. The molecule has 1 aromatic carbocycles. The summed E-state index contributed by atoms with van der Waals surface area (Å²) >= 11 is 0. The highest BCUT2D eigenvalue weighted by atomic mass is 16.2. The molecule has 0 saturated carbocycles. The number of carbonyl (C=O) groups is 1. The Labute approximate surface area is 146 Å². The van der Waals surface area contributed by atoms with Gasteiger partial charge >= 0.3 is 0 Å². The lowest BCUT2D eigenvalue weighted by molar-refractivity contribution is -0.135. The van der Waals surface area contributed by atoms with E-state index in [2.05, 4.69) is 27.3 Å². The normalized spacial score (nSPS) is 18.0. The van der Waals surface area contributed by atoms with Crippen LogP contribution in [0.25, 0.3) is 10.9 Å². The number of aromatic amines is 1. The van der Waals surface area contributed by atoms with Crippen LogP contribution in [0.15, 0.2) is 36.8 Å². The van der Waals surface area contributed by atoms with E-state index in [9.17, 15) is 4.79 Å². The van der Waals surface area contributed by atoms with Crippen molar-refractivity contribution in [2.45, 2.75) is 38.1 Å². The van der Waals surface area contributed by atoms with Gasteiger partial charge in [-0.15, -0.1) is 10.2 Å². The van der Waals surface area contributed by atoms with Crippen molar-refractivity contribution in [1.29, 1.82) is 0 Å². The van der Waals surface area contributed by atoms with Crippen molar-refractivity contribution in [1.82, 2.24) is 24.6 Å². The number of nitrogens with zero attached hydrogens (tertiary/aromatic N) is 4. The molecular weight excluding hydrogens is 314 g/mol.